The first-order chi connectivity index (χ1) is 7.33. The fraction of sp³-hybridized carbons (Fsp3) is 0.500. The lowest BCUT2D eigenvalue weighted by Gasteiger charge is -2.18. The minimum absolute atomic E-state index is 0.00125. The highest BCUT2D eigenvalue weighted by Gasteiger charge is 2.12. The van der Waals surface area contributed by atoms with Crippen molar-refractivity contribution in [1.29, 1.82) is 0 Å². The van der Waals surface area contributed by atoms with E-state index < -0.39 is 0 Å². The SMILES string of the molecule is CCNC(CO)c1ccccc1COC. The summed E-state index contributed by atoms with van der Waals surface area (Å²) in [5.74, 6) is 0. The van der Waals surface area contributed by atoms with Crippen molar-refractivity contribution in [3.05, 3.63) is 35.4 Å². The highest BCUT2D eigenvalue weighted by molar-refractivity contribution is 5.29. The van der Waals surface area contributed by atoms with Crippen LogP contribution in [0.4, 0.5) is 0 Å². The first-order valence-electron chi connectivity index (χ1n) is 5.24. The normalized spacial score (nSPS) is 12.7. The molecular weight excluding hydrogens is 190 g/mol. The monoisotopic (exact) mass is 209 g/mol. The third kappa shape index (κ3) is 3.30. The minimum Gasteiger partial charge on any atom is -0.394 e. The second-order valence-corrected chi connectivity index (χ2v) is 3.42. The topological polar surface area (TPSA) is 41.5 Å². The molecule has 84 valence electrons. The lowest BCUT2D eigenvalue weighted by molar-refractivity contribution is 0.181. The van der Waals surface area contributed by atoms with Gasteiger partial charge < -0.3 is 15.2 Å². The molecule has 0 aliphatic rings. The molecule has 1 aromatic carbocycles. The van der Waals surface area contributed by atoms with E-state index in [1.165, 1.54) is 0 Å². The highest BCUT2D eigenvalue weighted by Crippen LogP contribution is 2.18. The van der Waals surface area contributed by atoms with Crippen LogP contribution in [0.5, 0.6) is 0 Å². The lowest BCUT2D eigenvalue weighted by atomic mass is 10.0. The van der Waals surface area contributed by atoms with Crippen LogP contribution in [0.15, 0.2) is 24.3 Å². The average Bonchev–Trinajstić information content (AvgIpc) is 2.27. The van der Waals surface area contributed by atoms with Crippen LogP contribution in [0, 0.1) is 0 Å². The number of nitrogens with one attached hydrogen (secondary N) is 1. The Kier molecular flexibility index (Phi) is 5.32. The Balaban J connectivity index is 2.88. The molecule has 0 fully saturated rings. The summed E-state index contributed by atoms with van der Waals surface area (Å²) in [7, 11) is 1.68. The van der Waals surface area contributed by atoms with Crippen molar-refractivity contribution in [2.45, 2.75) is 19.6 Å². The van der Waals surface area contributed by atoms with Crippen molar-refractivity contribution in [1.82, 2.24) is 5.32 Å². The molecule has 15 heavy (non-hydrogen) atoms. The molecule has 0 aliphatic carbocycles. The van der Waals surface area contributed by atoms with Gasteiger partial charge in [-0.1, -0.05) is 31.2 Å². The summed E-state index contributed by atoms with van der Waals surface area (Å²) >= 11 is 0. The van der Waals surface area contributed by atoms with Gasteiger partial charge in [0.05, 0.1) is 19.3 Å². The highest BCUT2D eigenvalue weighted by atomic mass is 16.5. The van der Waals surface area contributed by atoms with E-state index in [0.29, 0.717) is 6.61 Å². The van der Waals surface area contributed by atoms with Crippen LogP contribution in [-0.4, -0.2) is 25.4 Å². The van der Waals surface area contributed by atoms with Gasteiger partial charge in [0.2, 0.25) is 0 Å². The second kappa shape index (κ2) is 6.56. The van der Waals surface area contributed by atoms with Gasteiger partial charge in [-0.2, -0.15) is 0 Å². The maximum atomic E-state index is 9.30. The van der Waals surface area contributed by atoms with E-state index in [2.05, 4.69) is 5.32 Å². The summed E-state index contributed by atoms with van der Waals surface area (Å²) in [6, 6.07) is 8.02. The maximum Gasteiger partial charge on any atom is 0.0716 e. The van der Waals surface area contributed by atoms with Gasteiger partial charge >= 0.3 is 0 Å². The number of aliphatic hydroxyl groups excluding tert-OH is 1. The number of hydrogen-bond donors (Lipinski definition) is 2. The first kappa shape index (κ1) is 12.2. The fourth-order valence-electron chi connectivity index (χ4n) is 1.68. The van der Waals surface area contributed by atoms with Gasteiger partial charge in [-0.05, 0) is 17.7 Å². The van der Waals surface area contributed by atoms with Gasteiger partial charge in [0.25, 0.3) is 0 Å². The predicted molar refractivity (Wildman–Crippen MR) is 60.7 cm³/mol. The molecule has 1 atom stereocenters. The zero-order valence-corrected chi connectivity index (χ0v) is 9.36. The molecule has 2 N–H and O–H groups in total. The van der Waals surface area contributed by atoms with E-state index in [-0.39, 0.29) is 12.6 Å². The van der Waals surface area contributed by atoms with Gasteiger partial charge in [0, 0.05) is 7.11 Å². The third-order valence-corrected chi connectivity index (χ3v) is 2.36. The molecule has 0 aliphatic heterocycles. The Morgan fingerprint density at radius 2 is 2.13 bits per heavy atom. The van der Waals surface area contributed by atoms with Crippen molar-refractivity contribution < 1.29 is 9.84 Å². The molecule has 0 heterocycles. The molecule has 3 nitrogen and oxygen atoms in total. The number of rotatable bonds is 6. The van der Waals surface area contributed by atoms with Crippen LogP contribution in [0.3, 0.4) is 0 Å². The van der Waals surface area contributed by atoms with E-state index in [1.54, 1.807) is 7.11 Å². The fourth-order valence-corrected chi connectivity index (χ4v) is 1.68. The molecule has 1 aromatic rings. The Morgan fingerprint density at radius 1 is 1.40 bits per heavy atom. The number of hydrogen-bond acceptors (Lipinski definition) is 3. The first-order valence-corrected chi connectivity index (χ1v) is 5.24. The molecule has 0 aromatic heterocycles. The van der Waals surface area contributed by atoms with Crippen molar-refractivity contribution in [2.24, 2.45) is 0 Å². The van der Waals surface area contributed by atoms with E-state index >= 15 is 0 Å². The Bertz CT molecular complexity index is 289. The maximum absolute atomic E-state index is 9.30. The summed E-state index contributed by atoms with van der Waals surface area (Å²) in [5.41, 5.74) is 2.24. The zero-order valence-electron chi connectivity index (χ0n) is 9.36. The molecular formula is C12H19NO2. The van der Waals surface area contributed by atoms with Gasteiger partial charge in [-0.25, -0.2) is 0 Å². The van der Waals surface area contributed by atoms with Crippen LogP contribution in [0.2, 0.25) is 0 Å². The smallest absolute Gasteiger partial charge is 0.0716 e. The number of likely N-dealkylation sites (N-methyl/N-ethyl adjacent to an activating group) is 1. The Morgan fingerprint density at radius 3 is 2.73 bits per heavy atom. The summed E-state index contributed by atoms with van der Waals surface area (Å²) in [6.07, 6.45) is 0. The largest absolute Gasteiger partial charge is 0.394 e. The zero-order chi connectivity index (χ0) is 11.1. The number of ether oxygens (including phenoxy) is 1. The molecule has 0 saturated heterocycles. The van der Waals surface area contributed by atoms with Gasteiger partial charge in [-0.15, -0.1) is 0 Å². The lowest BCUT2D eigenvalue weighted by Crippen LogP contribution is -2.25. The number of aliphatic hydroxyl groups is 1. The summed E-state index contributed by atoms with van der Waals surface area (Å²) in [6.45, 7) is 3.56. The van der Waals surface area contributed by atoms with Gasteiger partial charge in [0.1, 0.15) is 0 Å². The van der Waals surface area contributed by atoms with E-state index in [9.17, 15) is 5.11 Å². The quantitative estimate of drug-likeness (QED) is 0.745. The van der Waals surface area contributed by atoms with Crippen LogP contribution >= 0.6 is 0 Å². The Hall–Kier alpha value is -0.900. The summed E-state index contributed by atoms with van der Waals surface area (Å²) < 4.78 is 5.13. The number of methoxy groups -OCH3 is 1. The molecule has 0 bridgehead atoms. The van der Waals surface area contributed by atoms with E-state index in [1.807, 2.05) is 31.2 Å². The summed E-state index contributed by atoms with van der Waals surface area (Å²) in [5, 5.41) is 12.5. The average molecular weight is 209 g/mol. The van der Waals surface area contributed by atoms with Crippen LogP contribution < -0.4 is 5.32 Å². The molecule has 0 saturated carbocycles. The predicted octanol–water partition coefficient (Wildman–Crippen LogP) is 1.48. The molecule has 1 rings (SSSR count). The molecule has 1 unspecified atom stereocenters. The van der Waals surface area contributed by atoms with Gasteiger partial charge in [-0.3, -0.25) is 0 Å². The Labute approximate surface area is 91.1 Å². The van der Waals surface area contributed by atoms with Crippen LogP contribution in [-0.2, 0) is 11.3 Å². The van der Waals surface area contributed by atoms with Crippen molar-refractivity contribution in [2.75, 3.05) is 20.3 Å². The third-order valence-electron chi connectivity index (χ3n) is 2.36. The van der Waals surface area contributed by atoms with Gasteiger partial charge in [0.15, 0.2) is 0 Å². The van der Waals surface area contributed by atoms with Crippen molar-refractivity contribution >= 4 is 0 Å². The molecule has 0 amide bonds. The minimum atomic E-state index is 0.00125. The molecule has 0 radical (unpaired) electrons. The van der Waals surface area contributed by atoms with Crippen molar-refractivity contribution in [3.63, 3.8) is 0 Å². The van der Waals surface area contributed by atoms with Crippen LogP contribution in [0.1, 0.15) is 24.1 Å². The standard InChI is InChI=1S/C12H19NO2/c1-3-13-12(8-14)11-7-5-4-6-10(11)9-15-2/h4-7,12-14H,3,8-9H2,1-2H3. The molecule has 3 heteroatoms. The summed E-state index contributed by atoms with van der Waals surface area (Å²) in [4.78, 5) is 0. The van der Waals surface area contributed by atoms with E-state index in [0.717, 1.165) is 17.7 Å². The van der Waals surface area contributed by atoms with E-state index in [4.69, 9.17) is 4.74 Å². The second-order valence-electron chi connectivity index (χ2n) is 3.42. The van der Waals surface area contributed by atoms with Crippen molar-refractivity contribution in [3.8, 4) is 0 Å². The molecule has 0 spiro atoms. The number of benzene rings is 1. The van der Waals surface area contributed by atoms with Crippen LogP contribution in [0.25, 0.3) is 0 Å².